The molecule has 1 atom stereocenters. The molecule has 0 amide bonds. The third-order valence-electron chi connectivity index (χ3n) is 5.74. The predicted octanol–water partition coefficient (Wildman–Crippen LogP) is 3.33. The number of hydrogen-bond acceptors (Lipinski definition) is 9. The number of hydrogen-bond donors (Lipinski definition) is 2. The number of fused-ring (bicyclic) bond motifs is 1. The number of allylic oxidation sites excluding steroid dienone is 1. The fourth-order valence-corrected chi connectivity index (χ4v) is 3.72. The zero-order valence-electron chi connectivity index (χ0n) is 20.1. The first-order valence-electron chi connectivity index (χ1n) is 11.7. The second-order valence-electron chi connectivity index (χ2n) is 8.74. The van der Waals surface area contributed by atoms with Gasteiger partial charge in [-0.15, -0.1) is 5.10 Å². The number of rotatable bonds is 9. The quantitative estimate of drug-likeness (QED) is 0.450. The van der Waals surface area contributed by atoms with Crippen molar-refractivity contribution in [2.45, 2.75) is 25.9 Å². The minimum atomic E-state index is -1.05. The van der Waals surface area contributed by atoms with Crippen molar-refractivity contribution in [1.82, 2.24) is 25.1 Å². The number of alkyl halides is 1. The molecule has 0 spiro atoms. The first-order valence-corrected chi connectivity index (χ1v) is 11.7. The Morgan fingerprint density at radius 1 is 1.20 bits per heavy atom. The fourth-order valence-electron chi connectivity index (χ4n) is 3.72. The van der Waals surface area contributed by atoms with Gasteiger partial charge < -0.3 is 15.8 Å². The smallest absolute Gasteiger partial charge is 0.154 e. The Balaban J connectivity index is 1.44. The van der Waals surface area contributed by atoms with Gasteiger partial charge in [0.1, 0.15) is 12.0 Å². The van der Waals surface area contributed by atoms with Gasteiger partial charge in [0, 0.05) is 49.4 Å². The molecular weight excluding hydrogens is 447 g/mol. The van der Waals surface area contributed by atoms with Gasteiger partial charge in [0.15, 0.2) is 5.82 Å². The molecule has 0 radical (unpaired) electrons. The van der Waals surface area contributed by atoms with Crippen molar-refractivity contribution < 1.29 is 9.13 Å². The Labute approximate surface area is 204 Å². The maximum atomic E-state index is 14.4. The summed E-state index contributed by atoms with van der Waals surface area (Å²) in [6, 6.07) is 7.57. The summed E-state index contributed by atoms with van der Waals surface area (Å²) in [5, 5.41) is 11.4. The van der Waals surface area contributed by atoms with Crippen LogP contribution in [0.5, 0.6) is 0 Å². The zero-order valence-corrected chi connectivity index (χ0v) is 20.1. The van der Waals surface area contributed by atoms with E-state index in [0.29, 0.717) is 48.4 Å². The summed E-state index contributed by atoms with van der Waals surface area (Å²) < 4.78 is 19.7. The molecule has 1 fully saturated rings. The monoisotopic (exact) mass is 478 g/mol. The van der Waals surface area contributed by atoms with Crippen molar-refractivity contribution in [3.05, 3.63) is 54.0 Å². The number of nitrogens with zero attached hydrogens (tertiary/aromatic N) is 6. The lowest BCUT2D eigenvalue weighted by molar-refractivity contribution is 0.0279. The highest BCUT2D eigenvalue weighted by molar-refractivity contribution is 6.10. The summed E-state index contributed by atoms with van der Waals surface area (Å²) in [5.41, 5.74) is 9.75. The molecule has 3 aromatic rings. The van der Waals surface area contributed by atoms with E-state index in [1.165, 1.54) is 6.20 Å². The number of nitrogens with one attached hydrogen (secondary N) is 1. The lowest BCUT2D eigenvalue weighted by Gasteiger charge is -2.27. The molecule has 9 nitrogen and oxygen atoms in total. The molecule has 0 aromatic carbocycles. The van der Waals surface area contributed by atoms with E-state index in [4.69, 9.17) is 10.5 Å². The number of aliphatic imine (C=N–C) groups is 1. The summed E-state index contributed by atoms with van der Waals surface area (Å²) in [6.45, 7) is 7.42. The van der Waals surface area contributed by atoms with Crippen LogP contribution in [0.4, 0.5) is 16.0 Å². The Bertz CT molecular complexity index is 1190. The highest BCUT2D eigenvalue weighted by Gasteiger charge is 2.15. The number of anilines is 2. The second-order valence-corrected chi connectivity index (χ2v) is 8.74. The van der Waals surface area contributed by atoms with Crippen LogP contribution in [0, 0.1) is 0 Å². The Morgan fingerprint density at radius 2 is 2.03 bits per heavy atom. The van der Waals surface area contributed by atoms with Gasteiger partial charge in [-0.3, -0.25) is 14.9 Å². The molecule has 3 aromatic heterocycles. The maximum Gasteiger partial charge on any atom is 0.154 e. The minimum absolute atomic E-state index is 0.0680. The van der Waals surface area contributed by atoms with Crippen LogP contribution in [-0.4, -0.2) is 76.8 Å². The molecule has 1 aliphatic rings. The standard InChI is InChI=1S/C25H31FN8O/c1-17(2)18-10-25(33-30-14-18)32-24-4-3-22-23(31-24)9-19(13-29-22)20(11-27)12-28-15-21(26)16-34-5-7-35-8-6-34/h3-4,9-14,17,21H,5-8,15-16,27H2,1-2H3,(H,31,32,33). The molecule has 1 aliphatic heterocycles. The molecule has 184 valence electrons. The number of halogens is 1. The third kappa shape index (κ3) is 6.77. The number of ether oxygens (including phenoxy) is 1. The van der Waals surface area contributed by atoms with Gasteiger partial charge in [0.25, 0.3) is 0 Å². The number of nitrogens with two attached hydrogens (primary N) is 1. The van der Waals surface area contributed by atoms with Gasteiger partial charge in [0.2, 0.25) is 0 Å². The van der Waals surface area contributed by atoms with Gasteiger partial charge >= 0.3 is 0 Å². The highest BCUT2D eigenvalue weighted by atomic mass is 19.1. The second kappa shape index (κ2) is 11.8. The van der Waals surface area contributed by atoms with Gasteiger partial charge in [0.05, 0.1) is 37.0 Å². The fraction of sp³-hybridized carbons (Fsp3) is 0.400. The summed E-state index contributed by atoms with van der Waals surface area (Å²) in [7, 11) is 0. The first kappa shape index (κ1) is 24.6. The van der Waals surface area contributed by atoms with Gasteiger partial charge in [-0.1, -0.05) is 13.8 Å². The van der Waals surface area contributed by atoms with Crippen molar-refractivity contribution >= 4 is 34.5 Å². The lowest BCUT2D eigenvalue weighted by atomic mass is 10.1. The molecule has 4 heterocycles. The van der Waals surface area contributed by atoms with Crippen LogP contribution < -0.4 is 11.1 Å². The van der Waals surface area contributed by atoms with E-state index in [-0.39, 0.29) is 6.54 Å². The largest absolute Gasteiger partial charge is 0.404 e. The van der Waals surface area contributed by atoms with Gasteiger partial charge in [-0.25, -0.2) is 9.37 Å². The number of morpholine rings is 1. The van der Waals surface area contributed by atoms with Crippen LogP contribution >= 0.6 is 0 Å². The Kier molecular flexibility index (Phi) is 8.27. The van der Waals surface area contributed by atoms with Crippen molar-refractivity contribution in [3.8, 4) is 0 Å². The molecule has 0 aliphatic carbocycles. The first-order chi connectivity index (χ1) is 17.0. The highest BCUT2D eigenvalue weighted by Crippen LogP contribution is 2.21. The molecule has 1 saturated heterocycles. The average Bonchev–Trinajstić information content (AvgIpc) is 2.87. The van der Waals surface area contributed by atoms with E-state index in [1.54, 1.807) is 18.6 Å². The Morgan fingerprint density at radius 3 is 2.80 bits per heavy atom. The normalized spacial score (nSPS) is 16.3. The molecule has 0 saturated carbocycles. The predicted molar refractivity (Wildman–Crippen MR) is 137 cm³/mol. The van der Waals surface area contributed by atoms with Gasteiger partial charge in [-0.2, -0.15) is 5.10 Å². The molecule has 3 N–H and O–H groups in total. The molecular formula is C25H31FN8O. The van der Waals surface area contributed by atoms with Crippen LogP contribution in [-0.2, 0) is 4.74 Å². The van der Waals surface area contributed by atoms with Crippen LogP contribution in [0.15, 0.2) is 47.9 Å². The molecule has 35 heavy (non-hydrogen) atoms. The summed E-state index contributed by atoms with van der Waals surface area (Å²) in [4.78, 5) is 15.5. The summed E-state index contributed by atoms with van der Waals surface area (Å²) in [6.07, 6.45) is 5.45. The van der Waals surface area contributed by atoms with E-state index in [1.807, 2.05) is 24.3 Å². The number of aromatic nitrogens is 4. The zero-order chi connectivity index (χ0) is 24.6. The van der Waals surface area contributed by atoms with E-state index >= 15 is 0 Å². The molecule has 10 heteroatoms. The SMILES string of the molecule is CC(C)c1cnnc(Nc2ccc3ncc(C(C=NCC(F)CN4CCOCC4)=CN)cc3n2)c1. The van der Waals surface area contributed by atoms with E-state index in [2.05, 4.69) is 49.2 Å². The summed E-state index contributed by atoms with van der Waals surface area (Å²) in [5.74, 6) is 1.60. The molecule has 4 rings (SSSR count). The van der Waals surface area contributed by atoms with E-state index < -0.39 is 6.17 Å². The van der Waals surface area contributed by atoms with Crippen LogP contribution in [0.3, 0.4) is 0 Å². The average molecular weight is 479 g/mol. The number of pyridine rings is 2. The topological polar surface area (TPSA) is 114 Å². The van der Waals surface area contributed by atoms with Gasteiger partial charge in [-0.05, 0) is 35.7 Å². The Hall–Kier alpha value is -3.50. The van der Waals surface area contributed by atoms with Crippen molar-refractivity contribution in [3.63, 3.8) is 0 Å². The van der Waals surface area contributed by atoms with Crippen molar-refractivity contribution in [2.24, 2.45) is 10.7 Å². The summed E-state index contributed by atoms with van der Waals surface area (Å²) >= 11 is 0. The van der Waals surface area contributed by atoms with Crippen LogP contribution in [0.25, 0.3) is 16.6 Å². The van der Waals surface area contributed by atoms with E-state index in [0.717, 1.165) is 29.7 Å². The molecule has 0 bridgehead atoms. The molecule has 1 unspecified atom stereocenters. The van der Waals surface area contributed by atoms with Crippen molar-refractivity contribution in [2.75, 3.05) is 44.7 Å². The maximum absolute atomic E-state index is 14.4. The third-order valence-corrected chi connectivity index (χ3v) is 5.74. The van der Waals surface area contributed by atoms with E-state index in [9.17, 15) is 4.39 Å². The van der Waals surface area contributed by atoms with Crippen molar-refractivity contribution in [1.29, 1.82) is 0 Å². The van der Waals surface area contributed by atoms with Crippen LogP contribution in [0.1, 0.15) is 30.9 Å². The minimum Gasteiger partial charge on any atom is -0.404 e. The lowest BCUT2D eigenvalue weighted by Crippen LogP contribution is -2.40. The van der Waals surface area contributed by atoms with Crippen LogP contribution in [0.2, 0.25) is 0 Å².